The Kier molecular flexibility index (Phi) is 15.5. The molecule has 0 aliphatic heterocycles. The van der Waals surface area contributed by atoms with Gasteiger partial charge in [0.2, 0.25) is 17.7 Å². The van der Waals surface area contributed by atoms with Crippen molar-refractivity contribution in [3.63, 3.8) is 0 Å². The summed E-state index contributed by atoms with van der Waals surface area (Å²) in [5, 5.41) is 25.8. The number of carbonyl (C=O) groups excluding carboxylic acids is 3. The first-order chi connectivity index (χ1) is 16.4. The summed E-state index contributed by atoms with van der Waals surface area (Å²) in [6.45, 7) is 7.76. The predicted molar refractivity (Wildman–Crippen MR) is 130 cm³/mol. The van der Waals surface area contributed by atoms with E-state index in [2.05, 4.69) is 16.0 Å². The number of rotatable bonds is 18. The van der Waals surface area contributed by atoms with Gasteiger partial charge in [0.1, 0.15) is 18.1 Å². The van der Waals surface area contributed by atoms with Crippen LogP contribution in [0.1, 0.15) is 72.6 Å². The van der Waals surface area contributed by atoms with E-state index in [9.17, 15) is 29.1 Å². The molecular formula is C23H43N5O7. The van der Waals surface area contributed by atoms with Crippen molar-refractivity contribution in [3.05, 3.63) is 0 Å². The maximum atomic E-state index is 13.2. The maximum absolute atomic E-state index is 13.2. The SMILES string of the molecule is CCC(C)C(N)C(=O)NC(C(=O)NC(CCCCN)C(=O)NC(CCC(=O)O)C(=O)O)C(C)CC. The molecule has 0 radical (unpaired) electrons. The van der Waals surface area contributed by atoms with Gasteiger partial charge in [-0.3, -0.25) is 19.2 Å². The molecule has 0 heterocycles. The summed E-state index contributed by atoms with van der Waals surface area (Å²) in [5.41, 5.74) is 11.5. The molecule has 202 valence electrons. The summed E-state index contributed by atoms with van der Waals surface area (Å²) in [6, 6.07) is -4.26. The fraction of sp³-hybridized carbons (Fsp3) is 0.783. The molecule has 6 atom stereocenters. The van der Waals surface area contributed by atoms with Crippen molar-refractivity contribution in [2.24, 2.45) is 23.3 Å². The molecular weight excluding hydrogens is 458 g/mol. The van der Waals surface area contributed by atoms with Gasteiger partial charge in [0.25, 0.3) is 0 Å². The first-order valence-corrected chi connectivity index (χ1v) is 12.2. The molecule has 0 aromatic carbocycles. The molecule has 0 aromatic rings. The summed E-state index contributed by atoms with van der Waals surface area (Å²) < 4.78 is 0. The second-order valence-corrected chi connectivity index (χ2v) is 8.96. The lowest BCUT2D eigenvalue weighted by atomic mass is 9.95. The third kappa shape index (κ3) is 12.0. The lowest BCUT2D eigenvalue weighted by Gasteiger charge is -2.28. The highest BCUT2D eigenvalue weighted by atomic mass is 16.4. The molecule has 3 amide bonds. The third-order valence-corrected chi connectivity index (χ3v) is 6.19. The number of carbonyl (C=O) groups is 5. The standard InChI is InChI=1S/C23H43N5O7/c1-5-13(3)18(25)21(32)28-19(14(4)6-2)22(33)26-15(9-7-8-12-24)20(31)27-16(23(34)35)10-11-17(29)30/h13-16,18-19H,5-12,24-25H2,1-4H3,(H,26,33)(H,27,31)(H,28,32)(H,29,30)(H,34,35). The Labute approximate surface area is 206 Å². The van der Waals surface area contributed by atoms with Crippen molar-refractivity contribution < 1.29 is 34.2 Å². The smallest absolute Gasteiger partial charge is 0.326 e. The van der Waals surface area contributed by atoms with Crippen molar-refractivity contribution >= 4 is 29.7 Å². The van der Waals surface area contributed by atoms with Crippen molar-refractivity contribution in [1.29, 1.82) is 0 Å². The van der Waals surface area contributed by atoms with Crippen LogP contribution in [-0.4, -0.2) is 70.6 Å². The monoisotopic (exact) mass is 501 g/mol. The quantitative estimate of drug-likeness (QED) is 0.125. The van der Waals surface area contributed by atoms with Gasteiger partial charge in [0, 0.05) is 6.42 Å². The first-order valence-electron chi connectivity index (χ1n) is 12.2. The number of carboxylic acids is 2. The highest BCUT2D eigenvalue weighted by Crippen LogP contribution is 2.12. The van der Waals surface area contributed by atoms with Crippen LogP contribution in [0.3, 0.4) is 0 Å². The van der Waals surface area contributed by atoms with Crippen molar-refractivity contribution in [2.75, 3.05) is 6.54 Å². The molecule has 35 heavy (non-hydrogen) atoms. The van der Waals surface area contributed by atoms with E-state index in [0.29, 0.717) is 32.2 Å². The summed E-state index contributed by atoms with van der Waals surface area (Å²) in [7, 11) is 0. The number of hydrogen-bond acceptors (Lipinski definition) is 7. The van der Waals surface area contributed by atoms with Gasteiger partial charge < -0.3 is 37.6 Å². The van der Waals surface area contributed by atoms with Crippen LogP contribution in [0.15, 0.2) is 0 Å². The molecule has 9 N–H and O–H groups in total. The fourth-order valence-corrected chi connectivity index (χ4v) is 3.28. The molecule has 0 rings (SSSR count). The molecule has 0 aromatic heterocycles. The Morgan fingerprint density at radius 2 is 1.34 bits per heavy atom. The van der Waals surface area contributed by atoms with E-state index < -0.39 is 60.2 Å². The van der Waals surface area contributed by atoms with E-state index in [1.165, 1.54) is 0 Å². The molecule has 0 saturated carbocycles. The van der Waals surface area contributed by atoms with E-state index >= 15 is 0 Å². The zero-order valence-corrected chi connectivity index (χ0v) is 21.2. The summed E-state index contributed by atoms with van der Waals surface area (Å²) in [5.74, 6) is -4.74. The van der Waals surface area contributed by atoms with Crippen LogP contribution in [0.2, 0.25) is 0 Å². The molecule has 0 bridgehead atoms. The van der Waals surface area contributed by atoms with Gasteiger partial charge in [-0.25, -0.2) is 4.79 Å². The number of nitrogens with two attached hydrogens (primary N) is 2. The Bertz CT molecular complexity index is 718. The summed E-state index contributed by atoms with van der Waals surface area (Å²) in [4.78, 5) is 61.0. The van der Waals surface area contributed by atoms with Crippen molar-refractivity contribution in [2.45, 2.75) is 96.8 Å². The van der Waals surface area contributed by atoms with E-state index in [0.717, 1.165) is 0 Å². The Balaban J connectivity index is 5.61. The Morgan fingerprint density at radius 3 is 1.83 bits per heavy atom. The summed E-state index contributed by atoms with van der Waals surface area (Å²) >= 11 is 0. The third-order valence-electron chi connectivity index (χ3n) is 6.19. The number of aliphatic carboxylic acids is 2. The molecule has 6 unspecified atom stereocenters. The molecule has 12 nitrogen and oxygen atoms in total. The molecule has 12 heteroatoms. The second kappa shape index (κ2) is 16.8. The van der Waals surface area contributed by atoms with Gasteiger partial charge in [-0.1, -0.05) is 40.5 Å². The topological polar surface area (TPSA) is 214 Å². The maximum Gasteiger partial charge on any atom is 0.326 e. The van der Waals surface area contributed by atoms with Crippen LogP contribution in [0, 0.1) is 11.8 Å². The number of hydrogen-bond donors (Lipinski definition) is 7. The minimum Gasteiger partial charge on any atom is -0.481 e. The number of carboxylic acid groups (broad SMARTS) is 2. The largest absolute Gasteiger partial charge is 0.481 e. The van der Waals surface area contributed by atoms with Gasteiger partial charge >= 0.3 is 11.9 Å². The molecule has 0 aliphatic rings. The van der Waals surface area contributed by atoms with Crippen molar-refractivity contribution in [3.8, 4) is 0 Å². The van der Waals surface area contributed by atoms with Crippen molar-refractivity contribution in [1.82, 2.24) is 16.0 Å². The number of amides is 3. The fourth-order valence-electron chi connectivity index (χ4n) is 3.28. The minimum absolute atomic E-state index is 0.0933. The van der Waals surface area contributed by atoms with Crippen LogP contribution < -0.4 is 27.4 Å². The average molecular weight is 502 g/mol. The highest BCUT2D eigenvalue weighted by Gasteiger charge is 2.33. The Morgan fingerprint density at radius 1 is 0.771 bits per heavy atom. The molecule has 0 fully saturated rings. The zero-order chi connectivity index (χ0) is 27.1. The highest BCUT2D eigenvalue weighted by molar-refractivity contribution is 5.94. The number of unbranched alkanes of at least 4 members (excludes halogenated alkanes) is 1. The van der Waals surface area contributed by atoms with Crippen LogP contribution in [-0.2, 0) is 24.0 Å². The van der Waals surface area contributed by atoms with Crippen LogP contribution in [0.4, 0.5) is 0 Å². The van der Waals surface area contributed by atoms with Gasteiger partial charge in [0.15, 0.2) is 0 Å². The van der Waals surface area contributed by atoms with E-state index in [4.69, 9.17) is 16.6 Å². The molecule has 0 spiro atoms. The first kappa shape index (κ1) is 32.3. The second-order valence-electron chi connectivity index (χ2n) is 8.96. The zero-order valence-electron chi connectivity index (χ0n) is 21.2. The lowest BCUT2D eigenvalue weighted by molar-refractivity contribution is -0.143. The van der Waals surface area contributed by atoms with Crippen LogP contribution >= 0.6 is 0 Å². The lowest BCUT2D eigenvalue weighted by Crippen LogP contribution is -2.59. The molecule has 0 aliphatic carbocycles. The Hall–Kier alpha value is -2.73. The predicted octanol–water partition coefficient (Wildman–Crippen LogP) is -0.0613. The van der Waals surface area contributed by atoms with Crippen LogP contribution in [0.25, 0.3) is 0 Å². The average Bonchev–Trinajstić information content (AvgIpc) is 2.82. The van der Waals surface area contributed by atoms with Gasteiger partial charge in [0.05, 0.1) is 6.04 Å². The van der Waals surface area contributed by atoms with Gasteiger partial charge in [-0.15, -0.1) is 0 Å². The minimum atomic E-state index is -1.42. The normalized spacial score (nSPS) is 16.2. The van der Waals surface area contributed by atoms with E-state index in [1.54, 1.807) is 6.92 Å². The van der Waals surface area contributed by atoms with Gasteiger partial charge in [-0.05, 0) is 44.1 Å². The van der Waals surface area contributed by atoms with E-state index in [1.807, 2.05) is 20.8 Å². The van der Waals surface area contributed by atoms with Gasteiger partial charge in [-0.2, -0.15) is 0 Å². The summed E-state index contributed by atoms with van der Waals surface area (Å²) in [6.07, 6.45) is 1.76. The number of nitrogens with one attached hydrogen (secondary N) is 3. The van der Waals surface area contributed by atoms with E-state index in [-0.39, 0.29) is 24.7 Å². The van der Waals surface area contributed by atoms with Crippen LogP contribution in [0.5, 0.6) is 0 Å². The molecule has 0 saturated heterocycles.